The van der Waals surface area contributed by atoms with Crippen molar-refractivity contribution >= 4 is 22.7 Å². The summed E-state index contributed by atoms with van der Waals surface area (Å²) in [4.78, 5) is 5.73. The van der Waals surface area contributed by atoms with E-state index in [0.717, 1.165) is 13.0 Å². The van der Waals surface area contributed by atoms with E-state index in [2.05, 4.69) is 34.7 Å². The molecule has 1 atom stereocenters. The molecule has 1 N–H and O–H groups in total. The number of nitrogens with one attached hydrogen (secondary N) is 1. The Bertz CT molecular complexity index is 367. The first kappa shape index (κ1) is 10.8. The summed E-state index contributed by atoms with van der Waals surface area (Å²) in [6, 6.07) is 4.71. The molecule has 2 aromatic heterocycles. The van der Waals surface area contributed by atoms with Crippen LogP contribution in [0.1, 0.15) is 22.9 Å². The second-order valence-corrected chi connectivity index (χ2v) is 5.21. The molecule has 0 aromatic carbocycles. The van der Waals surface area contributed by atoms with Crippen LogP contribution in [0.4, 0.5) is 0 Å². The van der Waals surface area contributed by atoms with E-state index in [1.165, 1.54) is 9.88 Å². The highest BCUT2D eigenvalue weighted by Crippen LogP contribution is 2.23. The van der Waals surface area contributed by atoms with E-state index in [9.17, 15) is 0 Å². The molecule has 80 valence electrons. The fourth-order valence-corrected chi connectivity index (χ4v) is 3.00. The number of hydrogen-bond donors (Lipinski definition) is 1. The lowest BCUT2D eigenvalue weighted by atomic mass is 10.2. The van der Waals surface area contributed by atoms with Crippen LogP contribution in [0, 0.1) is 0 Å². The Morgan fingerprint density at radius 3 is 2.93 bits per heavy atom. The van der Waals surface area contributed by atoms with Gasteiger partial charge in [-0.3, -0.25) is 0 Å². The summed E-state index contributed by atoms with van der Waals surface area (Å²) in [5.74, 6) is 0. The van der Waals surface area contributed by atoms with Crippen LogP contribution in [0.5, 0.6) is 0 Å². The highest BCUT2D eigenvalue weighted by atomic mass is 32.1. The zero-order chi connectivity index (χ0) is 10.5. The largest absolute Gasteiger partial charge is 0.309 e. The number of rotatable bonds is 5. The van der Waals surface area contributed by atoms with Crippen LogP contribution in [0.3, 0.4) is 0 Å². The Morgan fingerprint density at radius 1 is 1.40 bits per heavy atom. The van der Waals surface area contributed by atoms with E-state index in [-0.39, 0.29) is 0 Å². The van der Waals surface area contributed by atoms with Crippen LogP contribution < -0.4 is 5.32 Å². The molecule has 2 rings (SSSR count). The molecule has 2 aromatic rings. The monoisotopic (exact) mass is 238 g/mol. The van der Waals surface area contributed by atoms with Crippen molar-refractivity contribution in [3.8, 4) is 0 Å². The summed E-state index contributed by atoms with van der Waals surface area (Å²) in [6.07, 6.45) is 2.86. The lowest BCUT2D eigenvalue weighted by molar-refractivity contribution is 0.557. The maximum atomic E-state index is 4.33. The lowest BCUT2D eigenvalue weighted by Gasteiger charge is -2.14. The normalized spacial score (nSPS) is 12.9. The van der Waals surface area contributed by atoms with Crippen LogP contribution >= 0.6 is 22.7 Å². The molecule has 2 nitrogen and oxygen atoms in total. The quantitative estimate of drug-likeness (QED) is 0.866. The molecule has 0 fully saturated rings. The highest BCUT2D eigenvalue weighted by Gasteiger charge is 2.12. The first-order valence-electron chi connectivity index (χ1n) is 5.05. The fraction of sp³-hybridized carbons (Fsp3) is 0.364. The van der Waals surface area contributed by atoms with Crippen molar-refractivity contribution in [3.05, 3.63) is 39.0 Å². The molecule has 0 saturated heterocycles. The first-order valence-corrected chi connectivity index (χ1v) is 6.81. The van der Waals surface area contributed by atoms with Gasteiger partial charge in [0.15, 0.2) is 0 Å². The van der Waals surface area contributed by atoms with E-state index in [4.69, 9.17) is 0 Å². The highest BCUT2D eigenvalue weighted by molar-refractivity contribution is 7.10. The van der Waals surface area contributed by atoms with Crippen LogP contribution in [0.25, 0.3) is 0 Å². The molecule has 15 heavy (non-hydrogen) atoms. The molecule has 2 heterocycles. The summed E-state index contributed by atoms with van der Waals surface area (Å²) in [5.41, 5.74) is 0. The molecule has 0 amide bonds. The van der Waals surface area contributed by atoms with E-state index < -0.39 is 0 Å². The maximum Gasteiger partial charge on any atom is 0.0944 e. The Morgan fingerprint density at radius 2 is 2.33 bits per heavy atom. The van der Waals surface area contributed by atoms with Crippen molar-refractivity contribution < 1.29 is 0 Å². The molecule has 0 aliphatic heterocycles. The van der Waals surface area contributed by atoms with Gasteiger partial charge in [-0.2, -0.15) is 0 Å². The van der Waals surface area contributed by atoms with E-state index in [0.29, 0.717) is 6.04 Å². The van der Waals surface area contributed by atoms with Crippen molar-refractivity contribution in [1.29, 1.82) is 0 Å². The third-order valence-electron chi connectivity index (χ3n) is 2.20. The first-order chi connectivity index (χ1) is 7.40. The molecule has 0 aliphatic carbocycles. The van der Waals surface area contributed by atoms with E-state index in [1.807, 2.05) is 22.9 Å². The van der Waals surface area contributed by atoms with Gasteiger partial charge in [-0.05, 0) is 18.0 Å². The topological polar surface area (TPSA) is 24.9 Å². The average molecular weight is 238 g/mol. The van der Waals surface area contributed by atoms with E-state index >= 15 is 0 Å². The molecule has 0 saturated carbocycles. The standard InChI is InChI=1S/C11H14N2S2/c1-2-12-9(10-4-3-6-14-10)8-11-13-5-7-15-11/h3-7,9,12H,2,8H2,1H3. The minimum atomic E-state index is 0.418. The van der Waals surface area contributed by atoms with Gasteiger partial charge in [-0.25, -0.2) is 4.98 Å². The number of likely N-dealkylation sites (N-methyl/N-ethyl adjacent to an activating group) is 1. The molecule has 1 unspecified atom stereocenters. The van der Waals surface area contributed by atoms with Crippen molar-refractivity contribution in [2.24, 2.45) is 0 Å². The van der Waals surface area contributed by atoms with Crippen LogP contribution in [0.2, 0.25) is 0 Å². The fourth-order valence-electron chi connectivity index (χ4n) is 1.54. The summed E-state index contributed by atoms with van der Waals surface area (Å²) < 4.78 is 0. The van der Waals surface area contributed by atoms with Gasteiger partial charge in [-0.15, -0.1) is 22.7 Å². The van der Waals surface area contributed by atoms with Gasteiger partial charge in [0.2, 0.25) is 0 Å². The Kier molecular flexibility index (Phi) is 3.88. The zero-order valence-electron chi connectivity index (χ0n) is 8.64. The molecular formula is C11H14N2S2. The summed E-state index contributed by atoms with van der Waals surface area (Å²) in [6.45, 7) is 3.14. The van der Waals surface area contributed by atoms with Crippen molar-refractivity contribution in [3.63, 3.8) is 0 Å². The number of nitrogens with zero attached hydrogens (tertiary/aromatic N) is 1. The predicted molar refractivity (Wildman–Crippen MR) is 66.6 cm³/mol. The molecule has 4 heteroatoms. The summed E-state index contributed by atoms with van der Waals surface area (Å²) in [5, 5.41) is 8.86. The number of thiophene rings is 1. The van der Waals surface area contributed by atoms with Gasteiger partial charge in [0, 0.05) is 28.9 Å². The second-order valence-electron chi connectivity index (χ2n) is 3.26. The van der Waals surface area contributed by atoms with Gasteiger partial charge < -0.3 is 5.32 Å². The molecule has 0 aliphatic rings. The molecular weight excluding hydrogens is 224 g/mol. The van der Waals surface area contributed by atoms with Gasteiger partial charge in [0.05, 0.1) is 5.01 Å². The number of aromatic nitrogens is 1. The van der Waals surface area contributed by atoms with Crippen molar-refractivity contribution in [2.75, 3.05) is 6.54 Å². The third kappa shape index (κ3) is 2.87. The van der Waals surface area contributed by atoms with Crippen molar-refractivity contribution in [2.45, 2.75) is 19.4 Å². The van der Waals surface area contributed by atoms with Gasteiger partial charge in [0.25, 0.3) is 0 Å². The summed E-state index contributed by atoms with van der Waals surface area (Å²) in [7, 11) is 0. The lowest BCUT2D eigenvalue weighted by Crippen LogP contribution is -2.21. The minimum absolute atomic E-state index is 0.418. The SMILES string of the molecule is CCNC(Cc1nccs1)c1cccs1. The minimum Gasteiger partial charge on any atom is -0.309 e. The van der Waals surface area contributed by atoms with Crippen LogP contribution in [-0.2, 0) is 6.42 Å². The van der Waals surface area contributed by atoms with Crippen molar-refractivity contribution in [1.82, 2.24) is 10.3 Å². The van der Waals surface area contributed by atoms with Gasteiger partial charge in [-0.1, -0.05) is 13.0 Å². The number of hydrogen-bond acceptors (Lipinski definition) is 4. The average Bonchev–Trinajstić information content (AvgIpc) is 2.89. The van der Waals surface area contributed by atoms with Gasteiger partial charge >= 0.3 is 0 Å². The molecule has 0 spiro atoms. The Labute approximate surface area is 98.0 Å². The zero-order valence-corrected chi connectivity index (χ0v) is 10.3. The third-order valence-corrected chi connectivity index (χ3v) is 3.99. The molecule has 0 bridgehead atoms. The smallest absolute Gasteiger partial charge is 0.0944 e. The molecule has 0 radical (unpaired) electrons. The maximum absolute atomic E-state index is 4.33. The second kappa shape index (κ2) is 5.39. The Balaban J connectivity index is 2.07. The Hall–Kier alpha value is -0.710. The van der Waals surface area contributed by atoms with Gasteiger partial charge in [0.1, 0.15) is 0 Å². The number of thiazole rings is 1. The predicted octanol–water partition coefficient (Wildman–Crippen LogP) is 3.10. The summed E-state index contributed by atoms with van der Waals surface area (Å²) >= 11 is 3.54. The van der Waals surface area contributed by atoms with Crippen LogP contribution in [0.15, 0.2) is 29.1 Å². The van der Waals surface area contributed by atoms with E-state index in [1.54, 1.807) is 11.3 Å². The van der Waals surface area contributed by atoms with Crippen LogP contribution in [-0.4, -0.2) is 11.5 Å².